The van der Waals surface area contributed by atoms with Crippen molar-refractivity contribution in [1.29, 1.82) is 0 Å². The van der Waals surface area contributed by atoms with Crippen molar-refractivity contribution in [2.45, 2.75) is 25.3 Å². The molecule has 0 spiro atoms. The van der Waals surface area contributed by atoms with Crippen LogP contribution in [0.2, 0.25) is 0 Å². The highest BCUT2D eigenvalue weighted by Gasteiger charge is 2.43. The normalized spacial score (nSPS) is 18.8. The first-order chi connectivity index (χ1) is 12.9. The van der Waals surface area contributed by atoms with E-state index in [9.17, 15) is 14.7 Å². The second kappa shape index (κ2) is 7.31. The number of benzene rings is 2. The molecule has 1 amide bonds. The molecule has 0 aromatic heterocycles. The van der Waals surface area contributed by atoms with Gasteiger partial charge in [-0.05, 0) is 35.2 Å². The van der Waals surface area contributed by atoms with Crippen LogP contribution in [-0.2, 0) is 11.2 Å². The van der Waals surface area contributed by atoms with Gasteiger partial charge < -0.3 is 19.5 Å². The van der Waals surface area contributed by atoms with Gasteiger partial charge in [-0.15, -0.1) is 0 Å². The number of rotatable bonds is 5. The van der Waals surface area contributed by atoms with Gasteiger partial charge >= 0.3 is 5.97 Å². The highest BCUT2D eigenvalue weighted by molar-refractivity contribution is 6.01. The zero-order valence-electron chi connectivity index (χ0n) is 15.9. The fraction of sp³-hybridized carbons (Fsp3) is 0.333. The Hall–Kier alpha value is -3.02. The smallest absolute Gasteiger partial charge is 0.313 e. The number of aliphatic carboxylic acids is 1. The highest BCUT2D eigenvalue weighted by atomic mass is 16.5. The molecule has 3 rings (SSSR count). The van der Waals surface area contributed by atoms with Gasteiger partial charge in [0.15, 0.2) is 11.5 Å². The van der Waals surface area contributed by atoms with Crippen molar-refractivity contribution >= 4 is 11.9 Å². The van der Waals surface area contributed by atoms with Crippen LogP contribution in [0.25, 0.3) is 0 Å². The summed E-state index contributed by atoms with van der Waals surface area (Å²) in [6.45, 7) is 2.06. The number of carbonyl (C=O) groups is 2. The fourth-order valence-electron chi connectivity index (χ4n) is 3.68. The van der Waals surface area contributed by atoms with Crippen LogP contribution in [0.1, 0.15) is 45.9 Å². The maximum atomic E-state index is 13.0. The van der Waals surface area contributed by atoms with E-state index in [2.05, 4.69) is 6.92 Å². The summed E-state index contributed by atoms with van der Waals surface area (Å²) in [5.41, 5.74) is 2.70. The number of nitrogens with zero attached hydrogens (tertiary/aromatic N) is 1. The second-order valence-corrected chi connectivity index (χ2v) is 6.57. The third kappa shape index (κ3) is 3.12. The lowest BCUT2D eigenvalue weighted by molar-refractivity contribution is -0.140. The van der Waals surface area contributed by atoms with Crippen LogP contribution in [-0.4, -0.2) is 43.2 Å². The van der Waals surface area contributed by atoms with Gasteiger partial charge in [-0.2, -0.15) is 0 Å². The van der Waals surface area contributed by atoms with Crippen molar-refractivity contribution in [3.8, 4) is 11.5 Å². The summed E-state index contributed by atoms with van der Waals surface area (Å²) >= 11 is 0. The van der Waals surface area contributed by atoms with Crippen LogP contribution < -0.4 is 9.47 Å². The maximum absolute atomic E-state index is 13.0. The first-order valence-corrected chi connectivity index (χ1v) is 8.77. The summed E-state index contributed by atoms with van der Waals surface area (Å²) in [4.78, 5) is 26.7. The van der Waals surface area contributed by atoms with Crippen LogP contribution in [0.5, 0.6) is 11.5 Å². The maximum Gasteiger partial charge on any atom is 0.313 e. The van der Waals surface area contributed by atoms with Crippen molar-refractivity contribution in [2.24, 2.45) is 0 Å². The van der Waals surface area contributed by atoms with Gasteiger partial charge in [-0.25, -0.2) is 0 Å². The molecule has 1 aliphatic heterocycles. The van der Waals surface area contributed by atoms with E-state index in [1.807, 2.05) is 24.3 Å². The second-order valence-electron chi connectivity index (χ2n) is 6.57. The van der Waals surface area contributed by atoms with Crippen LogP contribution in [0.15, 0.2) is 36.4 Å². The van der Waals surface area contributed by atoms with E-state index in [0.717, 1.165) is 17.5 Å². The number of likely N-dealkylation sites (N-methyl/N-ethyl adjacent to an activating group) is 1. The van der Waals surface area contributed by atoms with Gasteiger partial charge in [0.25, 0.3) is 5.91 Å². The summed E-state index contributed by atoms with van der Waals surface area (Å²) in [7, 11) is 4.60. The molecule has 2 atom stereocenters. The van der Waals surface area contributed by atoms with E-state index < -0.39 is 17.9 Å². The minimum absolute atomic E-state index is 0.243. The average molecular weight is 369 g/mol. The zero-order valence-corrected chi connectivity index (χ0v) is 15.9. The third-order valence-electron chi connectivity index (χ3n) is 5.17. The van der Waals surface area contributed by atoms with E-state index in [4.69, 9.17) is 9.47 Å². The highest BCUT2D eigenvalue weighted by Crippen LogP contribution is 2.45. The number of carbonyl (C=O) groups excluding carboxylic acids is 1. The molecule has 0 fully saturated rings. The Morgan fingerprint density at radius 1 is 1.11 bits per heavy atom. The molecule has 0 saturated heterocycles. The number of ether oxygens (including phenoxy) is 2. The van der Waals surface area contributed by atoms with E-state index in [0.29, 0.717) is 22.6 Å². The van der Waals surface area contributed by atoms with E-state index in [1.54, 1.807) is 19.2 Å². The van der Waals surface area contributed by atoms with Gasteiger partial charge in [0.1, 0.15) is 5.92 Å². The van der Waals surface area contributed by atoms with E-state index in [1.165, 1.54) is 19.1 Å². The molecule has 6 nitrogen and oxygen atoms in total. The third-order valence-corrected chi connectivity index (χ3v) is 5.17. The molecule has 2 aromatic carbocycles. The van der Waals surface area contributed by atoms with Crippen LogP contribution in [0.3, 0.4) is 0 Å². The van der Waals surface area contributed by atoms with Crippen LogP contribution in [0.4, 0.5) is 0 Å². The lowest BCUT2D eigenvalue weighted by Gasteiger charge is -2.39. The number of hydrogen-bond donors (Lipinski definition) is 1. The molecule has 1 aliphatic rings. The molecule has 0 aliphatic carbocycles. The summed E-state index contributed by atoms with van der Waals surface area (Å²) in [5.74, 6) is -1.34. The molecule has 2 aromatic rings. The van der Waals surface area contributed by atoms with Crippen molar-refractivity contribution in [3.05, 3.63) is 58.7 Å². The monoisotopic (exact) mass is 369 g/mol. The number of amides is 1. The first-order valence-electron chi connectivity index (χ1n) is 8.77. The Balaban J connectivity index is 2.19. The average Bonchev–Trinajstić information content (AvgIpc) is 2.69. The summed E-state index contributed by atoms with van der Waals surface area (Å²) in [6.07, 6.45) is 0.891. The van der Waals surface area contributed by atoms with Gasteiger partial charge in [-0.1, -0.05) is 31.2 Å². The molecule has 6 heteroatoms. The topological polar surface area (TPSA) is 76.1 Å². The molecule has 142 valence electrons. The summed E-state index contributed by atoms with van der Waals surface area (Å²) < 4.78 is 10.6. The van der Waals surface area contributed by atoms with Crippen molar-refractivity contribution in [1.82, 2.24) is 4.90 Å². The van der Waals surface area contributed by atoms with Gasteiger partial charge in [0.2, 0.25) is 0 Å². The predicted octanol–water partition coefficient (Wildman–Crippen LogP) is 3.26. The first kappa shape index (κ1) is 18.8. The number of hydrogen-bond acceptors (Lipinski definition) is 4. The molecule has 0 unspecified atom stereocenters. The quantitative estimate of drug-likeness (QED) is 0.875. The Morgan fingerprint density at radius 2 is 1.70 bits per heavy atom. The van der Waals surface area contributed by atoms with E-state index >= 15 is 0 Å². The Morgan fingerprint density at radius 3 is 2.22 bits per heavy atom. The summed E-state index contributed by atoms with van der Waals surface area (Å²) in [5, 5.41) is 10.0. The van der Waals surface area contributed by atoms with Gasteiger partial charge in [-0.3, -0.25) is 9.59 Å². The molecule has 0 saturated carbocycles. The number of methoxy groups -OCH3 is 2. The fourth-order valence-corrected chi connectivity index (χ4v) is 3.68. The van der Waals surface area contributed by atoms with E-state index in [-0.39, 0.29) is 5.91 Å². The van der Waals surface area contributed by atoms with Crippen molar-refractivity contribution < 1.29 is 24.2 Å². The standard InChI is InChI=1S/C21H23NO5/c1-5-12-6-8-13(9-7-12)19-18(21(24)25)14-10-16(26-3)17(27-4)11-15(14)20(23)22(19)2/h6-11,18-19H,5H2,1-4H3,(H,24,25)/t18-,19+/m1/s1. The number of aryl methyl sites for hydroxylation is 1. The number of carboxylic acid groups (broad SMARTS) is 1. The summed E-state index contributed by atoms with van der Waals surface area (Å²) in [6, 6.07) is 10.3. The molecule has 1 heterocycles. The largest absolute Gasteiger partial charge is 0.493 e. The zero-order chi connectivity index (χ0) is 19.7. The molecule has 1 N–H and O–H groups in total. The Kier molecular flexibility index (Phi) is 5.08. The molecule has 0 radical (unpaired) electrons. The molecule has 0 bridgehead atoms. The van der Waals surface area contributed by atoms with Crippen molar-refractivity contribution in [3.63, 3.8) is 0 Å². The minimum atomic E-state index is -0.993. The van der Waals surface area contributed by atoms with Gasteiger partial charge in [0, 0.05) is 12.6 Å². The number of carboxylic acids is 1. The molecular weight excluding hydrogens is 346 g/mol. The SMILES string of the molecule is CCc1ccc([C@H]2[C@H](C(=O)O)c3cc(OC)c(OC)cc3C(=O)N2C)cc1. The van der Waals surface area contributed by atoms with Crippen LogP contribution >= 0.6 is 0 Å². The predicted molar refractivity (Wildman–Crippen MR) is 101 cm³/mol. The van der Waals surface area contributed by atoms with Crippen LogP contribution in [0, 0.1) is 0 Å². The lowest BCUT2D eigenvalue weighted by atomic mass is 9.79. The Bertz CT molecular complexity index is 875. The molecule has 27 heavy (non-hydrogen) atoms. The van der Waals surface area contributed by atoms with Crippen molar-refractivity contribution in [2.75, 3.05) is 21.3 Å². The molecular formula is C21H23NO5. The Labute approximate surface area is 158 Å². The minimum Gasteiger partial charge on any atom is -0.493 e. The lowest BCUT2D eigenvalue weighted by Crippen LogP contribution is -2.42. The number of fused-ring (bicyclic) bond motifs is 1. The van der Waals surface area contributed by atoms with Gasteiger partial charge in [0.05, 0.1) is 20.3 Å².